The minimum absolute atomic E-state index is 0.293. The molecule has 0 radical (unpaired) electrons. The van der Waals surface area contributed by atoms with Gasteiger partial charge in [-0.25, -0.2) is 9.78 Å². The SMILES string of the molecule is CC[C@H]1CCCC[NH+]1Cc1nc2c(c(=O)n(C)c(=O)n2C)n1CCOC. The molecule has 8 nitrogen and oxygen atoms in total. The van der Waals surface area contributed by atoms with E-state index in [2.05, 4.69) is 6.92 Å². The zero-order valence-electron chi connectivity index (χ0n) is 16.2. The van der Waals surface area contributed by atoms with Crippen LogP contribution in [-0.2, 0) is 31.9 Å². The normalized spacial score (nSPS) is 20.8. The predicted molar refractivity (Wildman–Crippen MR) is 99.6 cm³/mol. The van der Waals surface area contributed by atoms with E-state index in [0.717, 1.165) is 29.9 Å². The number of aromatic nitrogens is 4. The molecule has 0 saturated carbocycles. The molecule has 0 spiro atoms. The van der Waals surface area contributed by atoms with E-state index in [-0.39, 0.29) is 11.2 Å². The van der Waals surface area contributed by atoms with Crippen molar-refractivity contribution in [2.24, 2.45) is 14.1 Å². The van der Waals surface area contributed by atoms with E-state index < -0.39 is 0 Å². The monoisotopic (exact) mass is 364 g/mol. The minimum atomic E-state index is -0.345. The van der Waals surface area contributed by atoms with Crippen molar-refractivity contribution < 1.29 is 9.64 Å². The average Bonchev–Trinajstić information content (AvgIpc) is 3.01. The van der Waals surface area contributed by atoms with E-state index in [0.29, 0.717) is 30.4 Å². The van der Waals surface area contributed by atoms with Crippen LogP contribution in [0.5, 0.6) is 0 Å². The fraction of sp³-hybridized carbons (Fsp3) is 0.722. The lowest BCUT2D eigenvalue weighted by molar-refractivity contribution is -0.944. The van der Waals surface area contributed by atoms with Crippen molar-refractivity contribution in [1.29, 1.82) is 0 Å². The predicted octanol–water partition coefficient (Wildman–Crippen LogP) is -0.572. The molecule has 1 aliphatic rings. The molecule has 2 atom stereocenters. The topological polar surface area (TPSA) is 75.5 Å². The summed E-state index contributed by atoms with van der Waals surface area (Å²) in [6, 6.07) is 0.631. The van der Waals surface area contributed by atoms with Crippen molar-refractivity contribution in [2.75, 3.05) is 20.3 Å². The number of hydrogen-bond acceptors (Lipinski definition) is 4. The number of rotatable bonds is 6. The first-order valence-electron chi connectivity index (χ1n) is 9.48. The molecule has 0 bridgehead atoms. The highest BCUT2D eigenvalue weighted by Crippen LogP contribution is 2.12. The highest BCUT2D eigenvalue weighted by atomic mass is 16.5. The third kappa shape index (κ3) is 3.23. The van der Waals surface area contributed by atoms with Crippen LogP contribution in [0.2, 0.25) is 0 Å². The molecular weight excluding hydrogens is 334 g/mol. The largest absolute Gasteiger partial charge is 0.383 e. The molecule has 2 aromatic rings. The van der Waals surface area contributed by atoms with E-state index in [1.54, 1.807) is 14.2 Å². The maximum absolute atomic E-state index is 12.8. The zero-order chi connectivity index (χ0) is 18.8. The Labute approximate surface area is 153 Å². The Morgan fingerprint density at radius 3 is 2.69 bits per heavy atom. The number of nitrogens with zero attached hydrogens (tertiary/aromatic N) is 4. The van der Waals surface area contributed by atoms with Crippen LogP contribution in [-0.4, -0.2) is 45.0 Å². The first-order chi connectivity index (χ1) is 12.5. The highest BCUT2D eigenvalue weighted by Gasteiger charge is 2.28. The van der Waals surface area contributed by atoms with Gasteiger partial charge in [0.1, 0.15) is 6.54 Å². The van der Waals surface area contributed by atoms with Gasteiger partial charge in [-0.15, -0.1) is 0 Å². The first-order valence-corrected chi connectivity index (χ1v) is 9.48. The molecule has 0 aromatic carbocycles. The van der Waals surface area contributed by atoms with Gasteiger partial charge in [0.15, 0.2) is 17.0 Å². The molecule has 1 saturated heterocycles. The number of imidazole rings is 1. The standard InChI is InChI=1S/C18H29N5O3/c1-5-13-8-6-7-9-22(13)12-14-19-16-15(23(14)10-11-26-4)17(24)21(3)18(25)20(16)2/h13H,5-12H2,1-4H3/p+1/t13-/m0/s1. The molecule has 1 N–H and O–H groups in total. The zero-order valence-corrected chi connectivity index (χ0v) is 16.2. The third-order valence-corrected chi connectivity index (χ3v) is 5.70. The van der Waals surface area contributed by atoms with Crippen LogP contribution in [0.25, 0.3) is 11.2 Å². The Hall–Kier alpha value is -1.93. The number of aryl methyl sites for hydroxylation is 1. The quantitative estimate of drug-likeness (QED) is 0.745. The minimum Gasteiger partial charge on any atom is -0.383 e. The molecule has 1 fully saturated rings. The molecule has 8 heteroatoms. The van der Waals surface area contributed by atoms with Crippen LogP contribution in [0, 0.1) is 0 Å². The maximum Gasteiger partial charge on any atom is 0.332 e. The number of quaternary nitrogens is 1. The Morgan fingerprint density at radius 1 is 1.23 bits per heavy atom. The van der Waals surface area contributed by atoms with Crippen molar-refractivity contribution in [1.82, 2.24) is 18.7 Å². The first kappa shape index (κ1) is 18.8. The fourth-order valence-corrected chi connectivity index (χ4v) is 4.13. The van der Waals surface area contributed by atoms with Crippen molar-refractivity contribution in [3.63, 3.8) is 0 Å². The second-order valence-corrected chi connectivity index (χ2v) is 7.24. The van der Waals surface area contributed by atoms with Crippen LogP contribution in [0.3, 0.4) is 0 Å². The van der Waals surface area contributed by atoms with Crippen LogP contribution in [0.15, 0.2) is 9.59 Å². The van der Waals surface area contributed by atoms with Gasteiger partial charge in [0, 0.05) is 27.7 Å². The summed E-state index contributed by atoms with van der Waals surface area (Å²) < 4.78 is 9.81. The van der Waals surface area contributed by atoms with Gasteiger partial charge in [0.05, 0.1) is 19.2 Å². The summed E-state index contributed by atoms with van der Waals surface area (Å²) in [5, 5.41) is 0. The van der Waals surface area contributed by atoms with E-state index in [1.807, 2.05) is 4.57 Å². The van der Waals surface area contributed by atoms with Crippen molar-refractivity contribution in [3.05, 3.63) is 26.7 Å². The molecule has 1 aliphatic heterocycles. The van der Waals surface area contributed by atoms with Gasteiger partial charge in [0.2, 0.25) is 0 Å². The van der Waals surface area contributed by atoms with Crippen LogP contribution < -0.4 is 16.1 Å². The molecule has 3 rings (SSSR count). The van der Waals surface area contributed by atoms with Crippen molar-refractivity contribution in [2.45, 2.75) is 51.7 Å². The van der Waals surface area contributed by atoms with E-state index in [1.165, 1.54) is 35.8 Å². The molecule has 2 aromatic heterocycles. The van der Waals surface area contributed by atoms with Crippen molar-refractivity contribution >= 4 is 11.2 Å². The number of likely N-dealkylation sites (tertiary alicyclic amines) is 1. The average molecular weight is 364 g/mol. The molecule has 0 amide bonds. The van der Waals surface area contributed by atoms with Crippen LogP contribution in [0.1, 0.15) is 38.4 Å². The second kappa shape index (κ2) is 7.75. The van der Waals surface area contributed by atoms with Gasteiger partial charge in [0.25, 0.3) is 5.56 Å². The lowest BCUT2D eigenvalue weighted by Crippen LogP contribution is -3.15. The van der Waals surface area contributed by atoms with E-state index >= 15 is 0 Å². The lowest BCUT2D eigenvalue weighted by Gasteiger charge is -2.31. The lowest BCUT2D eigenvalue weighted by atomic mass is 10.0. The van der Waals surface area contributed by atoms with E-state index in [9.17, 15) is 9.59 Å². The summed E-state index contributed by atoms with van der Waals surface area (Å²) in [5.41, 5.74) is 0.320. The van der Waals surface area contributed by atoms with Crippen LogP contribution >= 0.6 is 0 Å². The van der Waals surface area contributed by atoms with E-state index in [4.69, 9.17) is 9.72 Å². The summed E-state index contributed by atoms with van der Waals surface area (Å²) in [6.07, 6.45) is 4.90. The molecule has 1 unspecified atom stereocenters. The second-order valence-electron chi connectivity index (χ2n) is 7.24. The summed E-state index contributed by atoms with van der Waals surface area (Å²) in [4.78, 5) is 31.3. The number of fused-ring (bicyclic) bond motifs is 1. The highest BCUT2D eigenvalue weighted by molar-refractivity contribution is 5.71. The Bertz CT molecular complexity index is 895. The van der Waals surface area contributed by atoms with Crippen molar-refractivity contribution in [3.8, 4) is 0 Å². The van der Waals surface area contributed by atoms with Gasteiger partial charge in [-0.3, -0.25) is 13.9 Å². The Balaban J connectivity index is 2.12. The summed E-state index contributed by atoms with van der Waals surface area (Å²) in [7, 11) is 4.83. The van der Waals surface area contributed by atoms with Gasteiger partial charge < -0.3 is 14.2 Å². The Morgan fingerprint density at radius 2 is 2.00 bits per heavy atom. The number of piperidine rings is 1. The molecule has 3 heterocycles. The number of nitrogens with one attached hydrogen (secondary N) is 1. The Kier molecular flexibility index (Phi) is 5.62. The van der Waals surface area contributed by atoms with Gasteiger partial charge in [-0.1, -0.05) is 6.92 Å². The summed E-state index contributed by atoms with van der Waals surface area (Å²) in [5.74, 6) is 0.866. The molecular formula is C18H30N5O3+. The van der Waals surface area contributed by atoms with Crippen LogP contribution in [0.4, 0.5) is 0 Å². The van der Waals surface area contributed by atoms with Gasteiger partial charge in [-0.05, 0) is 25.7 Å². The number of hydrogen-bond donors (Lipinski definition) is 1. The third-order valence-electron chi connectivity index (χ3n) is 5.70. The maximum atomic E-state index is 12.8. The smallest absolute Gasteiger partial charge is 0.332 e. The van der Waals surface area contributed by atoms with Gasteiger partial charge >= 0.3 is 5.69 Å². The summed E-state index contributed by atoms with van der Waals surface area (Å²) in [6.45, 7) is 5.19. The number of ether oxygens (including phenoxy) is 1. The van der Waals surface area contributed by atoms with Gasteiger partial charge in [-0.2, -0.15) is 0 Å². The molecule has 26 heavy (non-hydrogen) atoms. The fourth-order valence-electron chi connectivity index (χ4n) is 4.13. The molecule has 144 valence electrons. The number of methoxy groups -OCH3 is 1. The molecule has 0 aliphatic carbocycles. The summed E-state index contributed by atoms with van der Waals surface area (Å²) >= 11 is 0.